The van der Waals surface area contributed by atoms with Crippen molar-refractivity contribution in [1.82, 2.24) is 14.9 Å². The molecule has 0 spiro atoms. The Kier molecular flexibility index (Phi) is 5.04. The molecule has 0 atom stereocenters. The fourth-order valence-electron chi connectivity index (χ4n) is 1.91. The number of hydrogen-bond acceptors (Lipinski definition) is 6. The van der Waals surface area contributed by atoms with Crippen LogP contribution in [0.3, 0.4) is 0 Å². The molecule has 2 heterocycles. The maximum atomic E-state index is 11.7. The first kappa shape index (κ1) is 15.2. The maximum Gasteiger partial charge on any atom is 0.263 e. The number of nitrogens with two attached hydrogens (primary N) is 1. The summed E-state index contributed by atoms with van der Waals surface area (Å²) in [5, 5.41) is 6.61. The van der Waals surface area contributed by atoms with Crippen molar-refractivity contribution in [1.29, 1.82) is 0 Å². The second kappa shape index (κ2) is 6.98. The number of anilines is 2. The van der Waals surface area contributed by atoms with E-state index in [-0.39, 0.29) is 5.91 Å². The van der Waals surface area contributed by atoms with Crippen LogP contribution in [0.2, 0.25) is 0 Å². The first-order valence-corrected chi connectivity index (χ1v) is 7.37. The van der Waals surface area contributed by atoms with Crippen LogP contribution in [0.15, 0.2) is 18.7 Å². The van der Waals surface area contributed by atoms with Gasteiger partial charge in [0, 0.05) is 32.5 Å². The normalized spacial score (nSPS) is 10.4. The van der Waals surface area contributed by atoms with E-state index in [4.69, 9.17) is 10.5 Å². The summed E-state index contributed by atoms with van der Waals surface area (Å²) in [6.45, 7) is 1.63. The van der Waals surface area contributed by atoms with E-state index < -0.39 is 0 Å². The van der Waals surface area contributed by atoms with Crippen molar-refractivity contribution in [3.8, 4) is 5.75 Å². The predicted octanol–water partition coefficient (Wildman–Crippen LogP) is 1.40. The Morgan fingerprint density at radius 3 is 3.00 bits per heavy atom. The summed E-state index contributed by atoms with van der Waals surface area (Å²) in [7, 11) is 3.12. The maximum absolute atomic E-state index is 11.7. The first-order chi connectivity index (χ1) is 10.2. The quantitative estimate of drug-likeness (QED) is 0.672. The lowest BCUT2D eigenvalue weighted by Crippen LogP contribution is -2.17. The van der Waals surface area contributed by atoms with Gasteiger partial charge in [0.15, 0.2) is 5.75 Å². The van der Waals surface area contributed by atoms with Crippen molar-refractivity contribution in [3.63, 3.8) is 0 Å². The third kappa shape index (κ3) is 3.46. The number of amides is 1. The van der Waals surface area contributed by atoms with Gasteiger partial charge in [-0.2, -0.15) is 0 Å². The summed E-state index contributed by atoms with van der Waals surface area (Å²) < 4.78 is 7.29. The van der Waals surface area contributed by atoms with Crippen LogP contribution in [0.5, 0.6) is 5.75 Å². The van der Waals surface area contributed by atoms with Gasteiger partial charge >= 0.3 is 0 Å². The monoisotopic (exact) mass is 309 g/mol. The fourth-order valence-corrected chi connectivity index (χ4v) is 2.97. The Morgan fingerprint density at radius 2 is 2.38 bits per heavy atom. The van der Waals surface area contributed by atoms with E-state index in [0.717, 1.165) is 24.5 Å². The van der Waals surface area contributed by atoms with E-state index in [9.17, 15) is 4.79 Å². The lowest BCUT2D eigenvalue weighted by atomic mass is 10.3. The van der Waals surface area contributed by atoms with Crippen molar-refractivity contribution in [2.45, 2.75) is 13.0 Å². The van der Waals surface area contributed by atoms with Gasteiger partial charge < -0.3 is 25.7 Å². The average molecular weight is 309 g/mol. The van der Waals surface area contributed by atoms with Gasteiger partial charge in [0.05, 0.1) is 13.4 Å². The van der Waals surface area contributed by atoms with Gasteiger partial charge in [-0.05, 0) is 6.42 Å². The van der Waals surface area contributed by atoms with E-state index in [2.05, 4.69) is 15.6 Å². The van der Waals surface area contributed by atoms with Crippen molar-refractivity contribution in [3.05, 3.63) is 23.6 Å². The van der Waals surface area contributed by atoms with Crippen LogP contribution in [0.4, 0.5) is 10.7 Å². The summed E-state index contributed by atoms with van der Waals surface area (Å²) in [5.41, 5.74) is 6.32. The van der Waals surface area contributed by atoms with Crippen molar-refractivity contribution >= 4 is 27.9 Å². The Morgan fingerprint density at radius 1 is 1.57 bits per heavy atom. The van der Waals surface area contributed by atoms with Gasteiger partial charge in [-0.1, -0.05) is 0 Å². The van der Waals surface area contributed by atoms with Crippen LogP contribution in [0.1, 0.15) is 16.1 Å². The zero-order valence-corrected chi connectivity index (χ0v) is 12.9. The Balaban J connectivity index is 1.97. The lowest BCUT2D eigenvalue weighted by Gasteiger charge is -2.07. The van der Waals surface area contributed by atoms with Crippen LogP contribution < -0.4 is 21.1 Å². The van der Waals surface area contributed by atoms with E-state index >= 15 is 0 Å². The smallest absolute Gasteiger partial charge is 0.263 e. The molecule has 1 amide bonds. The summed E-state index contributed by atoms with van der Waals surface area (Å²) >= 11 is 1.30. The molecule has 114 valence electrons. The van der Waals surface area contributed by atoms with Crippen molar-refractivity contribution < 1.29 is 9.53 Å². The van der Waals surface area contributed by atoms with Crippen LogP contribution in [-0.2, 0) is 6.54 Å². The van der Waals surface area contributed by atoms with Crippen LogP contribution in [0, 0.1) is 0 Å². The fraction of sp³-hybridized carbons (Fsp3) is 0.385. The number of nitrogen functional groups attached to an aromatic ring is 1. The molecule has 0 aliphatic carbocycles. The van der Waals surface area contributed by atoms with Crippen molar-refractivity contribution in [2.24, 2.45) is 0 Å². The number of nitrogens with zero attached hydrogens (tertiary/aromatic N) is 2. The number of hydrogen-bond donors (Lipinski definition) is 3. The summed E-state index contributed by atoms with van der Waals surface area (Å²) in [6.07, 6.45) is 6.39. The van der Waals surface area contributed by atoms with Gasteiger partial charge in [-0.15, -0.1) is 11.3 Å². The number of methoxy groups -OCH3 is 1. The first-order valence-electron chi connectivity index (χ1n) is 6.55. The van der Waals surface area contributed by atoms with Crippen molar-refractivity contribution in [2.75, 3.05) is 31.8 Å². The van der Waals surface area contributed by atoms with Gasteiger partial charge in [0.1, 0.15) is 15.6 Å². The molecule has 8 heteroatoms. The number of aromatic nitrogens is 2. The number of aryl methyl sites for hydroxylation is 1. The largest absolute Gasteiger partial charge is 0.492 e. The lowest BCUT2D eigenvalue weighted by molar-refractivity contribution is 0.0967. The highest BCUT2D eigenvalue weighted by Gasteiger charge is 2.20. The standard InChI is InChI=1S/C13H19N5O2S/c1-15-12(19)11-9(14)10(20-2)13(21-11)17-4-3-6-18-7-5-16-8-18/h5,7-8,17H,3-4,6,14H2,1-2H3,(H,15,19). The second-order valence-electron chi connectivity index (χ2n) is 4.37. The number of imidazole rings is 1. The number of thiophene rings is 1. The SMILES string of the molecule is CNC(=O)c1sc(NCCCn2ccnc2)c(OC)c1N. The average Bonchev–Trinajstić information content (AvgIpc) is 3.10. The summed E-state index contributed by atoms with van der Waals surface area (Å²) in [5.74, 6) is 0.323. The molecule has 21 heavy (non-hydrogen) atoms. The molecule has 0 unspecified atom stereocenters. The molecule has 7 nitrogen and oxygen atoms in total. The Hall–Kier alpha value is -2.22. The van der Waals surface area contributed by atoms with E-state index in [1.807, 2.05) is 10.8 Å². The molecule has 0 aliphatic heterocycles. The highest BCUT2D eigenvalue weighted by molar-refractivity contribution is 7.19. The molecule has 4 N–H and O–H groups in total. The number of ether oxygens (including phenoxy) is 1. The molecule has 0 radical (unpaired) electrons. The van der Waals surface area contributed by atoms with Gasteiger partial charge in [-0.25, -0.2) is 4.98 Å². The zero-order valence-electron chi connectivity index (χ0n) is 12.0. The van der Waals surface area contributed by atoms with Crippen LogP contribution in [0.25, 0.3) is 0 Å². The molecule has 0 bridgehead atoms. The number of nitrogens with one attached hydrogen (secondary N) is 2. The third-order valence-corrected chi connectivity index (χ3v) is 4.12. The van der Waals surface area contributed by atoms with Gasteiger partial charge in [-0.3, -0.25) is 4.79 Å². The minimum Gasteiger partial charge on any atom is -0.492 e. The molecule has 0 saturated carbocycles. The minimum atomic E-state index is -0.206. The van der Waals surface area contributed by atoms with Crippen LogP contribution in [-0.4, -0.2) is 36.2 Å². The molecule has 0 aromatic carbocycles. The highest BCUT2D eigenvalue weighted by atomic mass is 32.1. The molecule has 2 aromatic rings. The Bertz CT molecular complexity index is 594. The molecule has 0 aliphatic rings. The van der Waals surface area contributed by atoms with Gasteiger partial charge in [0.2, 0.25) is 0 Å². The summed E-state index contributed by atoms with van der Waals surface area (Å²) in [4.78, 5) is 16.2. The molecule has 0 fully saturated rings. The molecule has 0 saturated heterocycles. The minimum absolute atomic E-state index is 0.206. The molecule has 2 aromatic heterocycles. The zero-order chi connectivity index (χ0) is 15.2. The Labute approximate surface area is 127 Å². The van der Waals surface area contributed by atoms with E-state index in [1.54, 1.807) is 26.7 Å². The van der Waals surface area contributed by atoms with Gasteiger partial charge in [0.25, 0.3) is 5.91 Å². The number of carbonyl (C=O) groups excluding carboxylic acids is 1. The second-order valence-corrected chi connectivity index (χ2v) is 5.39. The topological polar surface area (TPSA) is 94.2 Å². The molecular formula is C13H19N5O2S. The van der Waals surface area contributed by atoms with E-state index in [0.29, 0.717) is 16.3 Å². The highest BCUT2D eigenvalue weighted by Crippen LogP contribution is 2.42. The predicted molar refractivity (Wildman–Crippen MR) is 84.0 cm³/mol. The van der Waals surface area contributed by atoms with Crippen LogP contribution >= 0.6 is 11.3 Å². The number of rotatable bonds is 7. The third-order valence-electron chi connectivity index (χ3n) is 2.97. The molecular weight excluding hydrogens is 290 g/mol. The summed E-state index contributed by atoms with van der Waals surface area (Å²) in [6, 6.07) is 0. The molecule has 2 rings (SSSR count). The number of carbonyl (C=O) groups is 1. The van der Waals surface area contributed by atoms with E-state index in [1.165, 1.54) is 11.3 Å².